The number of aryl methyl sites for hydroxylation is 2. The minimum Gasteiger partial charge on any atom is -0.481 e. The maximum Gasteiger partial charge on any atom is 0.305 e. The predicted molar refractivity (Wildman–Crippen MR) is 49.4 cm³/mol. The molecule has 4 N–H and O–H groups in total. The zero-order valence-electron chi connectivity index (χ0n) is 7.79. The second-order valence-electron chi connectivity index (χ2n) is 3.24. The van der Waals surface area contributed by atoms with Gasteiger partial charge < -0.3 is 15.8 Å². The molecule has 0 aliphatic rings. The topological polar surface area (TPSA) is 79.1 Å². The fourth-order valence-electron chi connectivity index (χ4n) is 1.43. The van der Waals surface area contributed by atoms with Crippen LogP contribution >= 0.6 is 0 Å². The summed E-state index contributed by atoms with van der Waals surface area (Å²) >= 11 is 0. The molecule has 0 bridgehead atoms. The Bertz CT molecular complexity index is 317. The Balaban J connectivity index is 2.81. The largest absolute Gasteiger partial charge is 0.481 e. The van der Waals surface area contributed by atoms with E-state index in [1.807, 2.05) is 19.9 Å². The van der Waals surface area contributed by atoms with E-state index in [-0.39, 0.29) is 6.42 Å². The van der Waals surface area contributed by atoms with E-state index in [4.69, 9.17) is 10.8 Å². The predicted octanol–water partition coefficient (Wildman–Crippen LogP) is 1.11. The number of carboxylic acids is 1. The van der Waals surface area contributed by atoms with Gasteiger partial charge in [-0.3, -0.25) is 4.79 Å². The van der Waals surface area contributed by atoms with Crippen molar-refractivity contribution in [1.82, 2.24) is 4.98 Å². The van der Waals surface area contributed by atoms with Gasteiger partial charge in [0.15, 0.2) is 0 Å². The van der Waals surface area contributed by atoms with Gasteiger partial charge in [-0.05, 0) is 25.5 Å². The van der Waals surface area contributed by atoms with Gasteiger partial charge in [-0.1, -0.05) is 0 Å². The Kier molecular flexibility index (Phi) is 2.72. The molecule has 0 saturated heterocycles. The first-order valence-corrected chi connectivity index (χ1v) is 4.14. The molecule has 0 aromatic carbocycles. The maximum absolute atomic E-state index is 10.4. The van der Waals surface area contributed by atoms with Crippen LogP contribution in [0.4, 0.5) is 0 Å². The lowest BCUT2D eigenvalue weighted by atomic mass is 10.1. The molecule has 0 radical (unpaired) electrons. The lowest BCUT2D eigenvalue weighted by Crippen LogP contribution is -2.15. The van der Waals surface area contributed by atoms with E-state index in [0.717, 1.165) is 17.0 Å². The highest BCUT2D eigenvalue weighted by atomic mass is 16.4. The lowest BCUT2D eigenvalue weighted by molar-refractivity contribution is -0.137. The SMILES string of the molecule is Cc1cc(C(N)CC(=O)O)c(C)[nH]1. The Morgan fingerprint density at radius 2 is 2.31 bits per heavy atom. The van der Waals surface area contributed by atoms with E-state index in [1.165, 1.54) is 0 Å². The van der Waals surface area contributed by atoms with Gasteiger partial charge >= 0.3 is 5.97 Å². The first-order valence-electron chi connectivity index (χ1n) is 4.14. The van der Waals surface area contributed by atoms with Crippen LogP contribution in [-0.4, -0.2) is 16.1 Å². The molecule has 0 spiro atoms. The van der Waals surface area contributed by atoms with Crippen LogP contribution < -0.4 is 5.73 Å². The standard InChI is InChI=1S/C9H14N2O2/c1-5-3-7(6(2)11-5)8(10)4-9(12)13/h3,8,11H,4,10H2,1-2H3,(H,12,13). The molecule has 0 fully saturated rings. The summed E-state index contributed by atoms with van der Waals surface area (Å²) in [4.78, 5) is 13.5. The molecule has 72 valence electrons. The van der Waals surface area contributed by atoms with Gasteiger partial charge in [0.1, 0.15) is 0 Å². The number of aromatic nitrogens is 1. The second kappa shape index (κ2) is 3.62. The van der Waals surface area contributed by atoms with Crippen LogP contribution in [0.3, 0.4) is 0 Å². The Morgan fingerprint density at radius 3 is 2.69 bits per heavy atom. The van der Waals surface area contributed by atoms with Crippen LogP contribution in [0, 0.1) is 13.8 Å². The van der Waals surface area contributed by atoms with E-state index >= 15 is 0 Å². The van der Waals surface area contributed by atoms with Crippen LogP contribution in [0.25, 0.3) is 0 Å². The first-order chi connectivity index (χ1) is 6.00. The fourth-order valence-corrected chi connectivity index (χ4v) is 1.43. The quantitative estimate of drug-likeness (QED) is 0.655. The average Bonchev–Trinajstić information content (AvgIpc) is 2.28. The number of aliphatic carboxylic acids is 1. The van der Waals surface area contributed by atoms with Crippen molar-refractivity contribution in [1.29, 1.82) is 0 Å². The average molecular weight is 182 g/mol. The van der Waals surface area contributed by atoms with Gasteiger partial charge in [0, 0.05) is 17.4 Å². The third-order valence-electron chi connectivity index (χ3n) is 1.98. The van der Waals surface area contributed by atoms with Gasteiger partial charge in [-0.2, -0.15) is 0 Å². The van der Waals surface area contributed by atoms with Gasteiger partial charge in [-0.25, -0.2) is 0 Å². The molecular weight excluding hydrogens is 168 g/mol. The number of nitrogens with two attached hydrogens (primary N) is 1. The van der Waals surface area contributed by atoms with Crippen LogP contribution in [0.1, 0.15) is 29.4 Å². The summed E-state index contributed by atoms with van der Waals surface area (Å²) in [5, 5.41) is 8.55. The zero-order chi connectivity index (χ0) is 10.0. The summed E-state index contributed by atoms with van der Waals surface area (Å²) in [6.07, 6.45) is -0.0296. The maximum atomic E-state index is 10.4. The van der Waals surface area contributed by atoms with Crippen molar-refractivity contribution in [3.05, 3.63) is 23.0 Å². The smallest absolute Gasteiger partial charge is 0.305 e. The molecule has 4 heteroatoms. The number of carboxylic acid groups (broad SMARTS) is 1. The number of aromatic amines is 1. The van der Waals surface area contributed by atoms with Crippen molar-refractivity contribution in [2.24, 2.45) is 5.73 Å². The molecule has 1 atom stereocenters. The number of H-pyrrole nitrogens is 1. The Labute approximate surface area is 76.8 Å². The Hall–Kier alpha value is -1.29. The Morgan fingerprint density at radius 1 is 1.69 bits per heavy atom. The van der Waals surface area contributed by atoms with Crippen LogP contribution in [-0.2, 0) is 4.79 Å². The van der Waals surface area contributed by atoms with E-state index in [1.54, 1.807) is 0 Å². The molecule has 0 amide bonds. The van der Waals surface area contributed by atoms with Crippen molar-refractivity contribution in [2.45, 2.75) is 26.3 Å². The minimum absolute atomic E-state index is 0.0296. The third-order valence-corrected chi connectivity index (χ3v) is 1.98. The van der Waals surface area contributed by atoms with E-state index < -0.39 is 12.0 Å². The number of hydrogen-bond donors (Lipinski definition) is 3. The number of rotatable bonds is 3. The molecule has 1 heterocycles. The normalized spacial score (nSPS) is 12.8. The summed E-state index contributed by atoms with van der Waals surface area (Å²) in [6.45, 7) is 3.81. The van der Waals surface area contributed by atoms with Crippen molar-refractivity contribution in [3.63, 3.8) is 0 Å². The van der Waals surface area contributed by atoms with Crippen LogP contribution in [0.2, 0.25) is 0 Å². The molecule has 0 aliphatic carbocycles. The number of nitrogens with one attached hydrogen (secondary N) is 1. The van der Waals surface area contributed by atoms with Gasteiger partial charge in [-0.15, -0.1) is 0 Å². The molecular formula is C9H14N2O2. The van der Waals surface area contributed by atoms with Crippen molar-refractivity contribution >= 4 is 5.97 Å². The summed E-state index contributed by atoms with van der Waals surface area (Å²) in [5.41, 5.74) is 8.56. The highest BCUT2D eigenvalue weighted by molar-refractivity contribution is 5.68. The number of hydrogen-bond acceptors (Lipinski definition) is 2. The lowest BCUT2D eigenvalue weighted by Gasteiger charge is -2.07. The zero-order valence-corrected chi connectivity index (χ0v) is 7.79. The third kappa shape index (κ3) is 2.32. The van der Waals surface area contributed by atoms with Crippen LogP contribution in [0.5, 0.6) is 0 Å². The van der Waals surface area contributed by atoms with E-state index in [0.29, 0.717) is 0 Å². The highest BCUT2D eigenvalue weighted by Crippen LogP contribution is 2.19. The molecule has 1 rings (SSSR count). The van der Waals surface area contributed by atoms with Crippen molar-refractivity contribution < 1.29 is 9.90 Å². The second-order valence-corrected chi connectivity index (χ2v) is 3.24. The summed E-state index contributed by atoms with van der Waals surface area (Å²) < 4.78 is 0. The summed E-state index contributed by atoms with van der Waals surface area (Å²) in [6, 6.07) is 1.48. The van der Waals surface area contributed by atoms with Crippen LogP contribution in [0.15, 0.2) is 6.07 Å². The van der Waals surface area contributed by atoms with Gasteiger partial charge in [0.25, 0.3) is 0 Å². The molecule has 0 aliphatic heterocycles. The fraction of sp³-hybridized carbons (Fsp3) is 0.444. The van der Waals surface area contributed by atoms with E-state index in [9.17, 15) is 4.79 Å². The van der Waals surface area contributed by atoms with Crippen molar-refractivity contribution in [3.8, 4) is 0 Å². The first kappa shape index (κ1) is 9.80. The molecule has 1 aromatic rings. The summed E-state index contributed by atoms with van der Waals surface area (Å²) in [7, 11) is 0. The monoisotopic (exact) mass is 182 g/mol. The van der Waals surface area contributed by atoms with Gasteiger partial charge in [0.05, 0.1) is 6.42 Å². The molecule has 1 unspecified atom stereocenters. The molecule has 4 nitrogen and oxygen atoms in total. The number of carbonyl (C=O) groups is 1. The minimum atomic E-state index is -0.870. The highest BCUT2D eigenvalue weighted by Gasteiger charge is 2.14. The molecule has 1 aromatic heterocycles. The van der Waals surface area contributed by atoms with Gasteiger partial charge in [0.2, 0.25) is 0 Å². The molecule has 13 heavy (non-hydrogen) atoms. The van der Waals surface area contributed by atoms with E-state index in [2.05, 4.69) is 4.98 Å². The van der Waals surface area contributed by atoms with Crippen molar-refractivity contribution in [2.75, 3.05) is 0 Å². The molecule has 0 saturated carbocycles. The summed E-state index contributed by atoms with van der Waals surface area (Å²) in [5.74, 6) is -0.870.